The average molecular weight is 281 g/mol. The minimum atomic E-state index is -3.77. The van der Waals surface area contributed by atoms with Crippen molar-refractivity contribution in [1.82, 2.24) is 0 Å². The first kappa shape index (κ1) is 13.5. The smallest absolute Gasteiger partial charge is 0.238 e. The third kappa shape index (κ3) is 2.91. The molecule has 0 radical (unpaired) electrons. The Morgan fingerprint density at radius 1 is 1.11 bits per heavy atom. The number of primary sulfonamides is 1. The van der Waals surface area contributed by atoms with Gasteiger partial charge in [-0.1, -0.05) is 18.2 Å². The van der Waals surface area contributed by atoms with E-state index in [0.29, 0.717) is 11.1 Å². The highest BCUT2D eigenvalue weighted by atomic mass is 32.2. The predicted molar refractivity (Wildman–Crippen MR) is 69.8 cm³/mol. The number of rotatable bonds is 3. The van der Waals surface area contributed by atoms with Crippen LogP contribution in [-0.4, -0.2) is 15.5 Å². The van der Waals surface area contributed by atoms with E-state index in [2.05, 4.69) is 0 Å². The second-order valence-corrected chi connectivity index (χ2v) is 5.48. The van der Waals surface area contributed by atoms with Gasteiger partial charge >= 0.3 is 0 Å². The first-order valence-corrected chi connectivity index (χ1v) is 6.93. The molecule has 0 heterocycles. The Morgan fingerprint density at radius 3 is 2.37 bits per heavy atom. The van der Waals surface area contributed by atoms with E-state index in [1.807, 2.05) is 0 Å². The maximum atomic E-state index is 13.6. The van der Waals surface area contributed by atoms with E-state index in [0.717, 1.165) is 0 Å². The van der Waals surface area contributed by atoms with E-state index in [1.165, 1.54) is 31.4 Å². The molecule has 2 aromatic rings. The molecule has 0 aliphatic heterocycles. The van der Waals surface area contributed by atoms with Crippen LogP contribution in [0.2, 0.25) is 0 Å². The Bertz CT molecular complexity index is 714. The van der Waals surface area contributed by atoms with Crippen LogP contribution in [0.15, 0.2) is 47.4 Å². The third-order valence-electron chi connectivity index (χ3n) is 2.65. The fraction of sp³-hybridized carbons (Fsp3) is 0.0769. The van der Waals surface area contributed by atoms with Gasteiger partial charge in [0.1, 0.15) is 0 Å². The number of ether oxygens (including phenoxy) is 1. The first-order valence-electron chi connectivity index (χ1n) is 5.38. The Labute approximate surface area is 110 Å². The molecule has 2 N–H and O–H groups in total. The van der Waals surface area contributed by atoms with Crippen LogP contribution in [0.25, 0.3) is 11.1 Å². The van der Waals surface area contributed by atoms with Crippen molar-refractivity contribution in [3.05, 3.63) is 48.3 Å². The molecule has 0 atom stereocenters. The molecule has 19 heavy (non-hydrogen) atoms. The monoisotopic (exact) mass is 281 g/mol. The molecule has 0 bridgehead atoms. The minimum absolute atomic E-state index is 0.0128. The molecule has 4 nitrogen and oxygen atoms in total. The Balaban J connectivity index is 2.51. The number of halogens is 1. The Kier molecular flexibility index (Phi) is 3.55. The number of nitrogens with two attached hydrogens (primary N) is 1. The molecule has 100 valence electrons. The number of methoxy groups -OCH3 is 1. The van der Waals surface area contributed by atoms with E-state index in [9.17, 15) is 12.8 Å². The summed E-state index contributed by atoms with van der Waals surface area (Å²) in [5.41, 5.74) is 1.11. The summed E-state index contributed by atoms with van der Waals surface area (Å²) in [5, 5.41) is 5.06. The molecule has 0 amide bonds. The van der Waals surface area contributed by atoms with Crippen LogP contribution < -0.4 is 9.88 Å². The van der Waals surface area contributed by atoms with E-state index in [-0.39, 0.29) is 10.6 Å². The minimum Gasteiger partial charge on any atom is -0.494 e. The van der Waals surface area contributed by atoms with Gasteiger partial charge < -0.3 is 4.74 Å². The highest BCUT2D eigenvalue weighted by Crippen LogP contribution is 2.26. The second kappa shape index (κ2) is 4.99. The summed E-state index contributed by atoms with van der Waals surface area (Å²) in [6.07, 6.45) is 0. The van der Waals surface area contributed by atoms with E-state index in [4.69, 9.17) is 9.88 Å². The Hall–Kier alpha value is -1.92. The van der Waals surface area contributed by atoms with Crippen LogP contribution in [-0.2, 0) is 10.0 Å². The molecule has 0 unspecified atom stereocenters. The van der Waals surface area contributed by atoms with Crippen molar-refractivity contribution in [2.45, 2.75) is 4.90 Å². The van der Waals surface area contributed by atoms with Gasteiger partial charge in [-0.3, -0.25) is 0 Å². The fourth-order valence-electron chi connectivity index (χ4n) is 1.70. The molecule has 0 fully saturated rings. The molecule has 2 aromatic carbocycles. The second-order valence-electron chi connectivity index (χ2n) is 3.92. The molecule has 0 aromatic heterocycles. The topological polar surface area (TPSA) is 69.4 Å². The maximum absolute atomic E-state index is 13.6. The van der Waals surface area contributed by atoms with Crippen molar-refractivity contribution in [2.75, 3.05) is 7.11 Å². The third-order valence-corrected chi connectivity index (χ3v) is 3.56. The van der Waals surface area contributed by atoms with Crippen LogP contribution in [0.4, 0.5) is 4.39 Å². The molecular formula is C13H12FNO3S. The number of sulfonamides is 1. The highest BCUT2D eigenvalue weighted by molar-refractivity contribution is 7.89. The maximum Gasteiger partial charge on any atom is 0.238 e. The summed E-state index contributed by atoms with van der Waals surface area (Å²) in [6, 6.07) is 10.4. The lowest BCUT2D eigenvalue weighted by molar-refractivity contribution is 0.386. The SMILES string of the molecule is COc1ccc(-c2cccc(S(N)(=O)=O)c2)cc1F. The van der Waals surface area contributed by atoms with E-state index >= 15 is 0 Å². The van der Waals surface area contributed by atoms with Crippen molar-refractivity contribution in [3.8, 4) is 16.9 Å². The summed E-state index contributed by atoms with van der Waals surface area (Å²) in [7, 11) is -2.40. The molecule has 0 saturated heterocycles. The van der Waals surface area contributed by atoms with Gasteiger partial charge in [0.25, 0.3) is 0 Å². The number of hydrogen-bond acceptors (Lipinski definition) is 3. The lowest BCUT2D eigenvalue weighted by Gasteiger charge is -2.06. The van der Waals surface area contributed by atoms with Crippen molar-refractivity contribution >= 4 is 10.0 Å². The van der Waals surface area contributed by atoms with Crippen molar-refractivity contribution in [3.63, 3.8) is 0 Å². The van der Waals surface area contributed by atoms with Crippen LogP contribution in [0, 0.1) is 5.82 Å². The highest BCUT2D eigenvalue weighted by Gasteiger charge is 2.10. The lowest BCUT2D eigenvalue weighted by atomic mass is 10.1. The van der Waals surface area contributed by atoms with E-state index in [1.54, 1.807) is 18.2 Å². The van der Waals surface area contributed by atoms with Crippen LogP contribution in [0.1, 0.15) is 0 Å². The van der Waals surface area contributed by atoms with Gasteiger partial charge in [0, 0.05) is 0 Å². The molecular weight excluding hydrogens is 269 g/mol. The standard InChI is InChI=1S/C13H12FNO3S/c1-18-13-6-5-10(8-12(13)14)9-3-2-4-11(7-9)19(15,16)17/h2-8H,1H3,(H2,15,16,17). The lowest BCUT2D eigenvalue weighted by Crippen LogP contribution is -2.11. The van der Waals surface area contributed by atoms with Crippen LogP contribution in [0.3, 0.4) is 0 Å². The molecule has 0 saturated carbocycles. The first-order chi connectivity index (χ1) is 8.91. The van der Waals surface area contributed by atoms with Crippen LogP contribution >= 0.6 is 0 Å². The molecule has 0 aliphatic rings. The van der Waals surface area contributed by atoms with E-state index < -0.39 is 15.8 Å². The molecule has 0 spiro atoms. The number of hydrogen-bond donors (Lipinski definition) is 1. The van der Waals surface area contributed by atoms with Gasteiger partial charge in [-0.05, 0) is 35.4 Å². The van der Waals surface area contributed by atoms with Crippen molar-refractivity contribution in [2.24, 2.45) is 5.14 Å². The predicted octanol–water partition coefficient (Wildman–Crippen LogP) is 2.15. The van der Waals surface area contributed by atoms with Crippen LogP contribution in [0.5, 0.6) is 5.75 Å². The quantitative estimate of drug-likeness (QED) is 0.937. The van der Waals surface area contributed by atoms with Gasteiger partial charge in [-0.2, -0.15) is 0 Å². The molecule has 6 heteroatoms. The van der Waals surface area contributed by atoms with Gasteiger partial charge in [-0.25, -0.2) is 17.9 Å². The fourth-order valence-corrected chi connectivity index (χ4v) is 2.26. The zero-order chi connectivity index (χ0) is 14.0. The zero-order valence-electron chi connectivity index (χ0n) is 10.1. The summed E-state index contributed by atoms with van der Waals surface area (Å²) in [4.78, 5) is -0.0128. The van der Waals surface area contributed by atoms with Crippen molar-refractivity contribution < 1.29 is 17.5 Å². The van der Waals surface area contributed by atoms with Gasteiger partial charge in [0.15, 0.2) is 11.6 Å². The average Bonchev–Trinajstić information content (AvgIpc) is 2.38. The Morgan fingerprint density at radius 2 is 1.79 bits per heavy atom. The van der Waals surface area contributed by atoms with Gasteiger partial charge in [0.05, 0.1) is 12.0 Å². The summed E-state index contributed by atoms with van der Waals surface area (Å²) < 4.78 is 41.0. The zero-order valence-corrected chi connectivity index (χ0v) is 10.9. The molecule has 0 aliphatic carbocycles. The molecule has 2 rings (SSSR count). The summed E-state index contributed by atoms with van der Waals surface area (Å²) in [5.74, 6) is -0.382. The number of benzene rings is 2. The normalized spacial score (nSPS) is 11.3. The largest absolute Gasteiger partial charge is 0.494 e. The summed E-state index contributed by atoms with van der Waals surface area (Å²) >= 11 is 0. The van der Waals surface area contributed by atoms with Crippen molar-refractivity contribution in [1.29, 1.82) is 0 Å². The van der Waals surface area contributed by atoms with Gasteiger partial charge in [0.2, 0.25) is 10.0 Å². The van der Waals surface area contributed by atoms with Gasteiger partial charge in [-0.15, -0.1) is 0 Å². The summed E-state index contributed by atoms with van der Waals surface area (Å²) in [6.45, 7) is 0.